The van der Waals surface area contributed by atoms with Crippen LogP contribution in [0.4, 0.5) is 5.69 Å². The number of aromatic nitrogens is 2. The molecule has 2 aliphatic heterocycles. The van der Waals surface area contributed by atoms with Crippen molar-refractivity contribution in [1.29, 1.82) is 0 Å². The van der Waals surface area contributed by atoms with Crippen molar-refractivity contribution < 1.29 is 4.79 Å². The molecular formula is C23H31N5O2. The van der Waals surface area contributed by atoms with E-state index in [-0.39, 0.29) is 11.5 Å². The maximum Gasteiger partial charge on any atom is 0.269 e. The van der Waals surface area contributed by atoms with Gasteiger partial charge in [-0.15, -0.1) is 0 Å². The van der Waals surface area contributed by atoms with Crippen LogP contribution in [0.15, 0.2) is 17.1 Å². The topological polar surface area (TPSA) is 81.3 Å². The number of aromatic amines is 1. The van der Waals surface area contributed by atoms with Gasteiger partial charge in [-0.25, -0.2) is 4.98 Å². The number of anilines is 1. The second-order valence-electron chi connectivity index (χ2n) is 9.33. The fourth-order valence-electron chi connectivity index (χ4n) is 5.11. The largest absolute Gasteiger partial charge is 0.371 e. The van der Waals surface area contributed by atoms with E-state index in [4.69, 9.17) is 0 Å². The molecule has 7 heteroatoms. The number of piperidine rings is 1. The quantitative estimate of drug-likeness (QED) is 0.793. The average Bonchev–Trinajstić information content (AvgIpc) is 3.29. The molecule has 0 atom stereocenters. The number of carbonyl (C=O) groups is 1. The zero-order valence-electron chi connectivity index (χ0n) is 17.8. The summed E-state index contributed by atoms with van der Waals surface area (Å²) >= 11 is 0. The third kappa shape index (κ3) is 3.71. The summed E-state index contributed by atoms with van der Waals surface area (Å²) in [6, 6.07) is 1.85. The zero-order chi connectivity index (χ0) is 20.7. The third-order valence-corrected chi connectivity index (χ3v) is 7.35. The highest BCUT2D eigenvalue weighted by atomic mass is 16.2. The van der Waals surface area contributed by atoms with Crippen LogP contribution in [0.1, 0.15) is 54.6 Å². The van der Waals surface area contributed by atoms with Crippen molar-refractivity contribution in [2.24, 2.45) is 5.41 Å². The van der Waals surface area contributed by atoms with Crippen molar-refractivity contribution in [2.75, 3.05) is 44.2 Å². The number of hydrogen-bond acceptors (Lipinski definition) is 5. The van der Waals surface area contributed by atoms with Crippen LogP contribution in [0.25, 0.3) is 10.9 Å². The lowest BCUT2D eigenvalue weighted by molar-refractivity contribution is 0.0945. The number of rotatable bonds is 5. The monoisotopic (exact) mass is 409 g/mol. The van der Waals surface area contributed by atoms with E-state index in [0.29, 0.717) is 23.2 Å². The predicted octanol–water partition coefficient (Wildman–Crippen LogP) is 2.44. The summed E-state index contributed by atoms with van der Waals surface area (Å²) in [5.41, 5.74) is 3.30. The fraction of sp³-hybridized carbons (Fsp3) is 0.609. The molecule has 2 saturated heterocycles. The lowest BCUT2D eigenvalue weighted by Gasteiger charge is -2.35. The van der Waals surface area contributed by atoms with Crippen LogP contribution in [0.3, 0.4) is 0 Å². The fourth-order valence-corrected chi connectivity index (χ4v) is 5.11. The molecule has 30 heavy (non-hydrogen) atoms. The number of carbonyl (C=O) groups excluding carboxylic acids is 1. The van der Waals surface area contributed by atoms with Gasteiger partial charge in [-0.1, -0.05) is 0 Å². The van der Waals surface area contributed by atoms with Gasteiger partial charge in [0.25, 0.3) is 11.5 Å². The normalized spacial score (nSPS) is 20.8. The Hall–Kier alpha value is -2.41. The molecule has 3 fully saturated rings. The Morgan fingerprint density at radius 1 is 1.17 bits per heavy atom. The first-order chi connectivity index (χ1) is 14.5. The minimum Gasteiger partial charge on any atom is -0.371 e. The van der Waals surface area contributed by atoms with Gasteiger partial charge < -0.3 is 20.1 Å². The maximum absolute atomic E-state index is 12.7. The first-order valence-electron chi connectivity index (χ1n) is 11.3. The zero-order valence-corrected chi connectivity index (χ0v) is 17.8. The molecule has 3 aliphatic rings. The summed E-state index contributed by atoms with van der Waals surface area (Å²) in [6.45, 7) is 7.58. The molecule has 0 aromatic carbocycles. The van der Waals surface area contributed by atoms with Gasteiger partial charge in [-0.2, -0.15) is 0 Å². The van der Waals surface area contributed by atoms with Crippen LogP contribution in [-0.2, 0) is 0 Å². The Bertz CT molecular complexity index is 1010. The van der Waals surface area contributed by atoms with Gasteiger partial charge in [0, 0.05) is 37.1 Å². The molecule has 4 heterocycles. The number of fused-ring (bicyclic) bond motifs is 1. The number of H-pyrrole nitrogens is 1. The second-order valence-corrected chi connectivity index (χ2v) is 9.33. The molecule has 2 aromatic heterocycles. The van der Waals surface area contributed by atoms with Crippen LogP contribution in [0.5, 0.6) is 0 Å². The summed E-state index contributed by atoms with van der Waals surface area (Å²) in [4.78, 5) is 37.2. The maximum atomic E-state index is 12.7. The SMILES string of the molecule is Cc1c(N2CCC3(CC2)CC3)c2cc(C(=O)NCCN3CCCC3)ncc2[nH]c1=O. The Balaban J connectivity index is 1.39. The lowest BCUT2D eigenvalue weighted by atomic mass is 9.92. The Morgan fingerprint density at radius 2 is 1.90 bits per heavy atom. The van der Waals surface area contributed by atoms with Crippen molar-refractivity contribution in [3.05, 3.63) is 33.9 Å². The predicted molar refractivity (Wildman–Crippen MR) is 118 cm³/mol. The minimum atomic E-state index is -0.151. The van der Waals surface area contributed by atoms with Crippen LogP contribution in [-0.4, -0.2) is 60.0 Å². The molecule has 1 aliphatic carbocycles. The lowest BCUT2D eigenvalue weighted by Crippen LogP contribution is -2.36. The van der Waals surface area contributed by atoms with E-state index in [0.717, 1.165) is 49.4 Å². The van der Waals surface area contributed by atoms with E-state index >= 15 is 0 Å². The highest BCUT2D eigenvalue weighted by molar-refractivity contribution is 6.00. The molecule has 0 radical (unpaired) electrons. The number of hydrogen-bond donors (Lipinski definition) is 2. The molecule has 0 unspecified atom stereocenters. The van der Waals surface area contributed by atoms with Crippen molar-refractivity contribution in [3.63, 3.8) is 0 Å². The van der Waals surface area contributed by atoms with Crippen molar-refractivity contribution in [1.82, 2.24) is 20.2 Å². The van der Waals surface area contributed by atoms with Crippen molar-refractivity contribution >= 4 is 22.5 Å². The summed E-state index contributed by atoms with van der Waals surface area (Å²) in [5.74, 6) is -0.151. The smallest absolute Gasteiger partial charge is 0.269 e. The molecule has 1 spiro atoms. The van der Waals surface area contributed by atoms with Crippen molar-refractivity contribution in [3.8, 4) is 0 Å². The Kier molecular flexibility index (Phi) is 5.01. The van der Waals surface area contributed by atoms with E-state index in [1.807, 2.05) is 13.0 Å². The van der Waals surface area contributed by atoms with E-state index in [2.05, 4.69) is 25.1 Å². The Morgan fingerprint density at radius 3 is 2.60 bits per heavy atom. The molecule has 5 rings (SSSR count). The van der Waals surface area contributed by atoms with Crippen LogP contribution < -0.4 is 15.8 Å². The van der Waals surface area contributed by atoms with E-state index in [9.17, 15) is 9.59 Å². The number of nitrogens with one attached hydrogen (secondary N) is 2. The summed E-state index contributed by atoms with van der Waals surface area (Å²) < 4.78 is 0. The standard InChI is InChI=1S/C23H31N5O2/c1-16-20(28-11-6-23(4-5-23)7-12-28)17-14-18(25-15-19(17)26-21(16)29)22(30)24-8-13-27-9-2-3-10-27/h14-15H,2-13H2,1H3,(H,24,30)(H,26,29). The highest BCUT2D eigenvalue weighted by Crippen LogP contribution is 2.54. The van der Waals surface area contributed by atoms with E-state index < -0.39 is 0 Å². The molecule has 2 N–H and O–H groups in total. The van der Waals surface area contributed by atoms with Gasteiger partial charge >= 0.3 is 0 Å². The number of pyridine rings is 2. The first-order valence-corrected chi connectivity index (χ1v) is 11.3. The number of nitrogens with zero attached hydrogens (tertiary/aromatic N) is 3. The second kappa shape index (κ2) is 7.69. The molecule has 1 saturated carbocycles. The Labute approximate surface area is 176 Å². The van der Waals surface area contributed by atoms with Gasteiger partial charge in [-0.05, 0) is 70.0 Å². The van der Waals surface area contributed by atoms with Gasteiger partial charge in [0.05, 0.1) is 17.4 Å². The number of likely N-dealkylation sites (tertiary alicyclic amines) is 1. The number of amides is 1. The van der Waals surface area contributed by atoms with Gasteiger partial charge in [0.1, 0.15) is 5.69 Å². The molecule has 7 nitrogen and oxygen atoms in total. The van der Waals surface area contributed by atoms with E-state index in [1.54, 1.807) is 6.20 Å². The highest BCUT2D eigenvalue weighted by Gasteiger charge is 2.44. The van der Waals surface area contributed by atoms with Crippen LogP contribution >= 0.6 is 0 Å². The van der Waals surface area contributed by atoms with Crippen LogP contribution in [0, 0.1) is 12.3 Å². The summed E-state index contributed by atoms with van der Waals surface area (Å²) in [6.07, 6.45) is 9.20. The van der Waals surface area contributed by atoms with Crippen LogP contribution in [0.2, 0.25) is 0 Å². The third-order valence-electron chi connectivity index (χ3n) is 7.35. The summed E-state index contributed by atoms with van der Waals surface area (Å²) in [7, 11) is 0. The molecule has 0 bridgehead atoms. The van der Waals surface area contributed by atoms with Gasteiger partial charge in [-0.3, -0.25) is 9.59 Å². The molecule has 2 aromatic rings. The van der Waals surface area contributed by atoms with Crippen molar-refractivity contribution in [2.45, 2.75) is 45.4 Å². The average molecular weight is 410 g/mol. The molecule has 1 amide bonds. The van der Waals surface area contributed by atoms with E-state index in [1.165, 1.54) is 38.5 Å². The molecule has 160 valence electrons. The summed E-state index contributed by atoms with van der Waals surface area (Å²) in [5, 5.41) is 3.92. The van der Waals surface area contributed by atoms with Gasteiger partial charge in [0.2, 0.25) is 0 Å². The first kappa shape index (κ1) is 19.5. The van der Waals surface area contributed by atoms with Gasteiger partial charge in [0.15, 0.2) is 0 Å². The minimum absolute atomic E-state index is 0.0752. The molecular weight excluding hydrogens is 378 g/mol.